The molecule has 1 aromatic heterocycles. The molecule has 0 radical (unpaired) electrons. The van der Waals surface area contributed by atoms with Crippen LogP contribution in [0.25, 0.3) is 11.0 Å². The second-order valence-corrected chi connectivity index (χ2v) is 9.03. The number of rotatable bonds is 6. The van der Waals surface area contributed by atoms with Gasteiger partial charge in [0.1, 0.15) is 5.75 Å². The Hall–Kier alpha value is -4.05. The number of anilines is 1. The fourth-order valence-corrected chi connectivity index (χ4v) is 3.69. The van der Waals surface area contributed by atoms with Crippen LogP contribution < -0.4 is 14.8 Å². The average molecular weight is 467 g/mol. The summed E-state index contributed by atoms with van der Waals surface area (Å²) in [6, 6.07) is 16.6. The van der Waals surface area contributed by atoms with Crippen molar-refractivity contribution in [2.24, 2.45) is 0 Å². The number of benzene rings is 3. The molecule has 0 bridgehead atoms. The molecule has 0 saturated heterocycles. The number of aromatic nitrogens is 2. The van der Waals surface area contributed by atoms with E-state index < -0.39 is 21.6 Å². The van der Waals surface area contributed by atoms with Crippen LogP contribution in [0.5, 0.6) is 17.4 Å². The molecule has 168 valence electrons. The summed E-state index contributed by atoms with van der Waals surface area (Å²) in [5.74, 6) is -1.34. The van der Waals surface area contributed by atoms with Crippen molar-refractivity contribution in [3.8, 4) is 17.4 Å². The van der Waals surface area contributed by atoms with Crippen molar-refractivity contribution in [3.63, 3.8) is 0 Å². The lowest BCUT2D eigenvalue weighted by Crippen LogP contribution is -2.16. The van der Waals surface area contributed by atoms with E-state index in [1.165, 1.54) is 37.4 Å². The van der Waals surface area contributed by atoms with E-state index in [1.54, 1.807) is 30.3 Å². The van der Waals surface area contributed by atoms with Gasteiger partial charge in [-0.3, -0.25) is 4.79 Å². The van der Waals surface area contributed by atoms with E-state index in [4.69, 9.17) is 9.47 Å². The highest BCUT2D eigenvalue weighted by Gasteiger charge is 2.20. The Morgan fingerprint density at radius 3 is 2.36 bits per heavy atom. The summed E-state index contributed by atoms with van der Waals surface area (Å²) in [5.41, 5.74) is 1.01. The number of carbonyl (C=O) groups is 1. The third-order valence-electron chi connectivity index (χ3n) is 4.61. The molecule has 33 heavy (non-hydrogen) atoms. The first-order valence-corrected chi connectivity index (χ1v) is 11.5. The Labute approximate surface area is 188 Å². The Kier molecular flexibility index (Phi) is 5.93. The van der Waals surface area contributed by atoms with Crippen LogP contribution in [-0.2, 0) is 9.84 Å². The van der Waals surface area contributed by atoms with Crippen LogP contribution in [0.3, 0.4) is 0 Å². The molecule has 4 rings (SSSR count). The number of methoxy groups -OCH3 is 1. The van der Waals surface area contributed by atoms with Crippen molar-refractivity contribution < 1.29 is 27.1 Å². The summed E-state index contributed by atoms with van der Waals surface area (Å²) in [5, 5.41) is 2.61. The summed E-state index contributed by atoms with van der Waals surface area (Å²) < 4.78 is 48.4. The summed E-state index contributed by atoms with van der Waals surface area (Å²) >= 11 is 0. The fourth-order valence-electron chi connectivity index (χ4n) is 3.02. The minimum atomic E-state index is -3.46. The molecule has 0 unspecified atom stereocenters. The van der Waals surface area contributed by atoms with Gasteiger partial charge in [0.2, 0.25) is 0 Å². The van der Waals surface area contributed by atoms with Gasteiger partial charge in [-0.05, 0) is 42.5 Å². The lowest BCUT2D eigenvalue weighted by molar-refractivity contribution is 0.101. The van der Waals surface area contributed by atoms with Crippen molar-refractivity contribution in [2.45, 2.75) is 4.90 Å². The summed E-state index contributed by atoms with van der Waals surface area (Å²) in [6.07, 6.45) is 1.07. The number of nitrogens with zero attached hydrogens (tertiary/aromatic N) is 2. The highest BCUT2D eigenvalue weighted by atomic mass is 32.2. The zero-order chi connectivity index (χ0) is 23.6. The van der Waals surface area contributed by atoms with Crippen LogP contribution in [0.1, 0.15) is 10.5 Å². The molecule has 0 aliphatic rings. The number of ether oxygens (including phenoxy) is 2. The standard InChI is InChI=1S/C23H18FN3O5S/c1-31-20-11-10-15(13-17(20)24)32-23-21(26-18-8-3-4-9-19(18)27-23)22(28)25-14-6-5-7-16(12-14)33(2,29)30/h3-13H,1-2H3,(H,25,28). The Morgan fingerprint density at radius 2 is 1.70 bits per heavy atom. The molecule has 0 fully saturated rings. The monoisotopic (exact) mass is 467 g/mol. The number of para-hydroxylation sites is 2. The molecule has 1 amide bonds. The normalized spacial score (nSPS) is 11.2. The zero-order valence-corrected chi connectivity index (χ0v) is 18.4. The SMILES string of the molecule is COc1ccc(Oc2nc3ccccc3nc2C(=O)Nc2cccc(S(C)(=O)=O)c2)cc1F. The zero-order valence-electron chi connectivity index (χ0n) is 17.6. The first-order chi connectivity index (χ1) is 15.7. The number of carbonyl (C=O) groups excluding carboxylic acids is 1. The van der Waals surface area contributed by atoms with Crippen LogP contribution in [0, 0.1) is 5.82 Å². The second kappa shape index (κ2) is 8.83. The van der Waals surface area contributed by atoms with E-state index in [2.05, 4.69) is 15.3 Å². The number of fused-ring (bicyclic) bond motifs is 1. The minimum absolute atomic E-state index is 0.0377. The van der Waals surface area contributed by atoms with E-state index in [9.17, 15) is 17.6 Å². The van der Waals surface area contributed by atoms with Gasteiger partial charge in [0.05, 0.1) is 23.0 Å². The topological polar surface area (TPSA) is 107 Å². The maximum absolute atomic E-state index is 14.1. The van der Waals surface area contributed by atoms with Crippen LogP contribution in [-0.4, -0.2) is 37.7 Å². The Morgan fingerprint density at radius 1 is 0.970 bits per heavy atom. The van der Waals surface area contributed by atoms with Gasteiger partial charge in [0, 0.05) is 18.0 Å². The van der Waals surface area contributed by atoms with Gasteiger partial charge < -0.3 is 14.8 Å². The highest BCUT2D eigenvalue weighted by molar-refractivity contribution is 7.90. The number of nitrogens with one attached hydrogen (secondary N) is 1. The summed E-state index contributed by atoms with van der Waals surface area (Å²) in [4.78, 5) is 21.8. The van der Waals surface area contributed by atoms with Crippen molar-refractivity contribution in [1.82, 2.24) is 9.97 Å². The van der Waals surface area contributed by atoms with Gasteiger partial charge in [0.25, 0.3) is 11.8 Å². The molecule has 3 aromatic carbocycles. The molecule has 4 aromatic rings. The summed E-state index contributed by atoms with van der Waals surface area (Å²) in [6.45, 7) is 0. The molecule has 0 spiro atoms. The number of sulfone groups is 1. The van der Waals surface area contributed by atoms with Crippen molar-refractivity contribution in [1.29, 1.82) is 0 Å². The molecule has 10 heteroatoms. The van der Waals surface area contributed by atoms with Crippen molar-refractivity contribution >= 4 is 32.5 Å². The van der Waals surface area contributed by atoms with Crippen LogP contribution >= 0.6 is 0 Å². The van der Waals surface area contributed by atoms with E-state index in [-0.39, 0.29) is 33.7 Å². The first kappa shape index (κ1) is 22.2. The largest absolute Gasteiger partial charge is 0.494 e. The van der Waals surface area contributed by atoms with Gasteiger partial charge in [0.15, 0.2) is 27.1 Å². The Bertz CT molecular complexity index is 1470. The van der Waals surface area contributed by atoms with Gasteiger partial charge in [-0.15, -0.1) is 0 Å². The van der Waals surface area contributed by atoms with E-state index >= 15 is 0 Å². The van der Waals surface area contributed by atoms with E-state index in [0.717, 1.165) is 12.3 Å². The lowest BCUT2D eigenvalue weighted by Gasteiger charge is -2.12. The third-order valence-corrected chi connectivity index (χ3v) is 5.72. The van der Waals surface area contributed by atoms with Gasteiger partial charge in [-0.1, -0.05) is 18.2 Å². The number of hydrogen-bond acceptors (Lipinski definition) is 7. The summed E-state index contributed by atoms with van der Waals surface area (Å²) in [7, 11) is -2.12. The second-order valence-electron chi connectivity index (χ2n) is 7.02. The number of hydrogen-bond donors (Lipinski definition) is 1. The third kappa shape index (κ3) is 4.90. The fraction of sp³-hybridized carbons (Fsp3) is 0.0870. The predicted octanol–water partition coefficient (Wildman–Crippen LogP) is 4.23. The molecule has 0 aliphatic heterocycles. The molecule has 1 N–H and O–H groups in total. The highest BCUT2D eigenvalue weighted by Crippen LogP contribution is 2.29. The molecule has 8 nitrogen and oxygen atoms in total. The number of halogens is 1. The molecular weight excluding hydrogens is 449 g/mol. The molecular formula is C23H18FN3O5S. The van der Waals surface area contributed by atoms with Gasteiger partial charge in [-0.2, -0.15) is 0 Å². The minimum Gasteiger partial charge on any atom is -0.494 e. The smallest absolute Gasteiger partial charge is 0.279 e. The lowest BCUT2D eigenvalue weighted by atomic mass is 10.2. The van der Waals surface area contributed by atoms with Crippen LogP contribution in [0.4, 0.5) is 10.1 Å². The molecule has 0 atom stereocenters. The quantitative estimate of drug-likeness (QED) is 0.452. The number of amides is 1. The van der Waals surface area contributed by atoms with Crippen molar-refractivity contribution in [2.75, 3.05) is 18.7 Å². The van der Waals surface area contributed by atoms with Gasteiger partial charge >= 0.3 is 0 Å². The molecule has 0 aliphatic carbocycles. The van der Waals surface area contributed by atoms with E-state index in [1.807, 2.05) is 0 Å². The van der Waals surface area contributed by atoms with E-state index in [0.29, 0.717) is 11.0 Å². The van der Waals surface area contributed by atoms with Crippen molar-refractivity contribution in [3.05, 3.63) is 78.2 Å². The molecule has 0 saturated carbocycles. The predicted molar refractivity (Wildman–Crippen MR) is 120 cm³/mol. The van der Waals surface area contributed by atoms with Crippen LogP contribution in [0.2, 0.25) is 0 Å². The first-order valence-electron chi connectivity index (χ1n) is 9.64. The maximum atomic E-state index is 14.1. The molecule has 1 heterocycles. The van der Waals surface area contributed by atoms with Crippen LogP contribution in [0.15, 0.2) is 71.6 Å². The average Bonchev–Trinajstić information content (AvgIpc) is 2.78. The van der Waals surface area contributed by atoms with Gasteiger partial charge in [-0.25, -0.2) is 22.8 Å². The Balaban J connectivity index is 1.73. The maximum Gasteiger partial charge on any atom is 0.279 e.